The van der Waals surface area contributed by atoms with Gasteiger partial charge >= 0.3 is 0 Å². The summed E-state index contributed by atoms with van der Waals surface area (Å²) in [4.78, 5) is 12.3. The fraction of sp³-hybridized carbons (Fsp3) is 0.267. The molecule has 0 spiro atoms. The van der Waals surface area contributed by atoms with Crippen LogP contribution in [0.4, 0.5) is 4.39 Å². The smallest absolute Gasteiger partial charge is 0.221 e. The largest absolute Gasteiger partial charge is 0.467 e. The highest BCUT2D eigenvalue weighted by Crippen LogP contribution is 2.22. The van der Waals surface area contributed by atoms with Crippen LogP contribution < -0.4 is 5.32 Å². The highest BCUT2D eigenvalue weighted by Gasteiger charge is 2.16. The van der Waals surface area contributed by atoms with Gasteiger partial charge in [0.25, 0.3) is 0 Å². The Morgan fingerprint density at radius 3 is 2.81 bits per heavy atom. The van der Waals surface area contributed by atoms with Crippen LogP contribution in [0.2, 0.25) is 0 Å². The summed E-state index contributed by atoms with van der Waals surface area (Å²) >= 11 is 1.29. The zero-order valence-electron chi connectivity index (χ0n) is 11.3. The van der Waals surface area contributed by atoms with Gasteiger partial charge in [0, 0.05) is 17.1 Å². The molecule has 1 aromatic heterocycles. The standard InChI is InChI=1S/C15H16FNO3S/c16-11-4-1-2-6-14(11)21-9-7-15(19)17-12(10-18)13-5-3-8-20-13/h1-6,8,12,18H,7,9-10H2,(H,17,19). The Kier molecular flexibility index (Phi) is 5.83. The van der Waals surface area contributed by atoms with Crippen LogP contribution in [-0.4, -0.2) is 23.4 Å². The number of aliphatic hydroxyl groups is 1. The van der Waals surface area contributed by atoms with Crippen LogP contribution in [0, 0.1) is 5.82 Å². The van der Waals surface area contributed by atoms with E-state index >= 15 is 0 Å². The lowest BCUT2D eigenvalue weighted by atomic mass is 10.2. The molecule has 1 atom stereocenters. The Labute approximate surface area is 126 Å². The van der Waals surface area contributed by atoms with Crippen molar-refractivity contribution in [1.82, 2.24) is 5.32 Å². The summed E-state index contributed by atoms with van der Waals surface area (Å²) in [5.74, 6) is 0.469. The molecule has 0 aliphatic heterocycles. The van der Waals surface area contributed by atoms with E-state index < -0.39 is 6.04 Å². The average Bonchev–Trinajstić information content (AvgIpc) is 3.01. The molecule has 4 nitrogen and oxygen atoms in total. The number of benzene rings is 1. The van der Waals surface area contributed by atoms with E-state index in [1.807, 2.05) is 0 Å². The van der Waals surface area contributed by atoms with Crippen molar-refractivity contribution in [3.05, 3.63) is 54.2 Å². The minimum absolute atomic E-state index is 0.214. The number of carbonyl (C=O) groups excluding carboxylic acids is 1. The van der Waals surface area contributed by atoms with Crippen LogP contribution in [-0.2, 0) is 4.79 Å². The van der Waals surface area contributed by atoms with Crippen molar-refractivity contribution in [2.75, 3.05) is 12.4 Å². The lowest BCUT2D eigenvalue weighted by molar-refractivity contribution is -0.121. The maximum absolute atomic E-state index is 13.4. The number of aliphatic hydroxyl groups excluding tert-OH is 1. The van der Waals surface area contributed by atoms with Gasteiger partial charge in [0.05, 0.1) is 12.9 Å². The summed E-state index contributed by atoms with van der Waals surface area (Å²) in [5.41, 5.74) is 0. The van der Waals surface area contributed by atoms with E-state index in [0.29, 0.717) is 16.4 Å². The van der Waals surface area contributed by atoms with Crippen molar-refractivity contribution in [2.45, 2.75) is 17.4 Å². The molecular formula is C15H16FNO3S. The second kappa shape index (κ2) is 7.85. The van der Waals surface area contributed by atoms with E-state index in [2.05, 4.69) is 5.32 Å². The maximum Gasteiger partial charge on any atom is 0.221 e. The quantitative estimate of drug-likeness (QED) is 0.772. The van der Waals surface area contributed by atoms with Crippen molar-refractivity contribution in [1.29, 1.82) is 0 Å². The molecule has 6 heteroatoms. The Bertz CT molecular complexity index is 574. The lowest BCUT2D eigenvalue weighted by Crippen LogP contribution is -2.30. The maximum atomic E-state index is 13.4. The Hall–Kier alpha value is -1.79. The highest BCUT2D eigenvalue weighted by atomic mass is 32.2. The molecule has 2 aromatic rings. The monoisotopic (exact) mass is 309 g/mol. The van der Waals surface area contributed by atoms with E-state index in [-0.39, 0.29) is 24.8 Å². The van der Waals surface area contributed by atoms with Crippen LogP contribution in [0.5, 0.6) is 0 Å². The van der Waals surface area contributed by atoms with Gasteiger partial charge in [-0.3, -0.25) is 4.79 Å². The molecule has 0 saturated carbocycles. The van der Waals surface area contributed by atoms with Crippen LogP contribution in [0.15, 0.2) is 52.0 Å². The third-order valence-corrected chi connectivity index (χ3v) is 3.88. The third kappa shape index (κ3) is 4.61. The van der Waals surface area contributed by atoms with E-state index in [0.717, 1.165) is 0 Å². The first-order valence-corrected chi connectivity index (χ1v) is 7.50. The van der Waals surface area contributed by atoms with Crippen molar-refractivity contribution >= 4 is 17.7 Å². The molecule has 0 saturated heterocycles. The SMILES string of the molecule is O=C(CCSc1ccccc1F)NC(CO)c1ccco1. The minimum Gasteiger partial charge on any atom is -0.467 e. The predicted molar refractivity (Wildman–Crippen MR) is 78.4 cm³/mol. The van der Waals surface area contributed by atoms with Gasteiger partial charge in [0.2, 0.25) is 5.91 Å². The number of thioether (sulfide) groups is 1. The molecule has 0 radical (unpaired) electrons. The van der Waals surface area contributed by atoms with E-state index in [4.69, 9.17) is 4.42 Å². The normalized spacial score (nSPS) is 12.1. The summed E-state index contributed by atoms with van der Waals surface area (Å²) in [5, 5.41) is 11.9. The first-order chi connectivity index (χ1) is 10.2. The number of furan rings is 1. The molecule has 112 valence electrons. The molecule has 0 aliphatic carbocycles. The Morgan fingerprint density at radius 1 is 1.33 bits per heavy atom. The Morgan fingerprint density at radius 2 is 2.14 bits per heavy atom. The molecule has 2 rings (SSSR count). The number of halogens is 1. The summed E-state index contributed by atoms with van der Waals surface area (Å²) < 4.78 is 18.5. The average molecular weight is 309 g/mol. The zero-order valence-corrected chi connectivity index (χ0v) is 12.1. The first kappa shape index (κ1) is 15.6. The second-order valence-corrected chi connectivity index (χ2v) is 5.48. The van der Waals surface area contributed by atoms with Gasteiger partial charge in [-0.25, -0.2) is 4.39 Å². The second-order valence-electron chi connectivity index (χ2n) is 4.35. The predicted octanol–water partition coefficient (Wildman–Crippen LogP) is 2.75. The molecule has 1 heterocycles. The number of nitrogens with one attached hydrogen (secondary N) is 1. The van der Waals surface area contributed by atoms with Gasteiger partial charge in [0.1, 0.15) is 17.6 Å². The molecule has 2 N–H and O–H groups in total. The number of amides is 1. The van der Waals surface area contributed by atoms with Gasteiger partial charge in [0.15, 0.2) is 0 Å². The van der Waals surface area contributed by atoms with Crippen molar-refractivity contribution in [3.8, 4) is 0 Å². The number of hydrogen-bond acceptors (Lipinski definition) is 4. The van der Waals surface area contributed by atoms with E-state index in [1.54, 1.807) is 30.3 Å². The summed E-state index contributed by atoms with van der Waals surface area (Å²) in [6.07, 6.45) is 1.72. The summed E-state index contributed by atoms with van der Waals surface area (Å²) in [6, 6.07) is 9.28. The van der Waals surface area contributed by atoms with Crippen molar-refractivity contribution in [2.24, 2.45) is 0 Å². The molecule has 1 amide bonds. The topological polar surface area (TPSA) is 62.5 Å². The number of hydrogen-bond donors (Lipinski definition) is 2. The highest BCUT2D eigenvalue weighted by molar-refractivity contribution is 7.99. The first-order valence-electron chi connectivity index (χ1n) is 6.51. The summed E-state index contributed by atoms with van der Waals surface area (Å²) in [7, 11) is 0. The van der Waals surface area contributed by atoms with Gasteiger partial charge < -0.3 is 14.8 Å². The van der Waals surface area contributed by atoms with Crippen LogP contribution in [0.1, 0.15) is 18.2 Å². The van der Waals surface area contributed by atoms with Crippen LogP contribution in [0.3, 0.4) is 0 Å². The fourth-order valence-corrected chi connectivity index (χ4v) is 2.67. The van der Waals surface area contributed by atoms with Crippen molar-refractivity contribution in [3.63, 3.8) is 0 Å². The van der Waals surface area contributed by atoms with Crippen LogP contribution in [0.25, 0.3) is 0 Å². The van der Waals surface area contributed by atoms with E-state index in [1.165, 1.54) is 24.1 Å². The minimum atomic E-state index is -0.550. The molecule has 0 fully saturated rings. The molecule has 1 unspecified atom stereocenters. The van der Waals surface area contributed by atoms with Gasteiger partial charge in [-0.05, 0) is 24.3 Å². The zero-order chi connectivity index (χ0) is 15.1. The molecule has 0 aliphatic rings. The molecule has 1 aromatic carbocycles. The van der Waals surface area contributed by atoms with Crippen LogP contribution >= 0.6 is 11.8 Å². The fourth-order valence-electron chi connectivity index (χ4n) is 1.78. The Balaban J connectivity index is 1.78. The summed E-state index contributed by atoms with van der Waals surface area (Å²) in [6.45, 7) is -0.236. The van der Waals surface area contributed by atoms with Gasteiger partial charge in [-0.15, -0.1) is 11.8 Å². The van der Waals surface area contributed by atoms with Crippen molar-refractivity contribution < 1.29 is 18.7 Å². The molecule has 0 bridgehead atoms. The molecular weight excluding hydrogens is 293 g/mol. The third-order valence-electron chi connectivity index (χ3n) is 2.83. The lowest BCUT2D eigenvalue weighted by Gasteiger charge is -2.13. The number of rotatable bonds is 7. The van der Waals surface area contributed by atoms with E-state index in [9.17, 15) is 14.3 Å². The van der Waals surface area contributed by atoms with Gasteiger partial charge in [-0.2, -0.15) is 0 Å². The number of carbonyl (C=O) groups is 1. The van der Waals surface area contributed by atoms with Gasteiger partial charge in [-0.1, -0.05) is 12.1 Å². The molecule has 21 heavy (non-hydrogen) atoms.